The Morgan fingerprint density at radius 1 is 1.04 bits per heavy atom. The third-order valence-corrected chi connectivity index (χ3v) is 5.61. The molecule has 25 heavy (non-hydrogen) atoms. The highest BCUT2D eigenvalue weighted by Crippen LogP contribution is 2.45. The van der Waals surface area contributed by atoms with Crippen LogP contribution in [-0.2, 0) is 15.6 Å². The molecule has 3 rings (SSSR count). The topological polar surface area (TPSA) is 54.4 Å². The van der Waals surface area contributed by atoms with Crippen molar-refractivity contribution in [2.75, 3.05) is 6.26 Å². The highest BCUT2D eigenvalue weighted by Gasteiger charge is 2.26. The minimum Gasteiger partial charge on any atom is -0.481 e. The Morgan fingerprint density at radius 2 is 1.64 bits per heavy atom. The largest absolute Gasteiger partial charge is 0.481 e. The Balaban J connectivity index is 2.16. The van der Waals surface area contributed by atoms with Crippen LogP contribution < -0.4 is 0 Å². The van der Waals surface area contributed by atoms with Crippen LogP contribution in [0.1, 0.15) is 37.0 Å². The molecule has 0 heterocycles. The van der Waals surface area contributed by atoms with Gasteiger partial charge in [-0.25, -0.2) is 0 Å². The highest BCUT2D eigenvalue weighted by atomic mass is 32.2. The fraction of sp³-hybridized carbons (Fsp3) is 0.190. The monoisotopic (exact) mass is 352 g/mol. The van der Waals surface area contributed by atoms with Gasteiger partial charge >= 0.3 is 5.97 Å². The molecule has 128 valence electrons. The summed E-state index contributed by atoms with van der Waals surface area (Å²) in [5.41, 5.74) is 7.22. The van der Waals surface area contributed by atoms with E-state index in [2.05, 4.69) is 6.92 Å². The summed E-state index contributed by atoms with van der Waals surface area (Å²) in [5.74, 6) is -0.821. The van der Waals surface area contributed by atoms with Gasteiger partial charge in [0.05, 0.1) is 6.42 Å². The number of carboxylic acids is 1. The van der Waals surface area contributed by atoms with Crippen molar-refractivity contribution in [2.24, 2.45) is 0 Å². The fourth-order valence-electron chi connectivity index (χ4n) is 3.42. The summed E-state index contributed by atoms with van der Waals surface area (Å²) in [7, 11) is -0.999. The van der Waals surface area contributed by atoms with Crippen molar-refractivity contribution >= 4 is 33.5 Å². The molecule has 3 nitrogen and oxygen atoms in total. The maximum Gasteiger partial charge on any atom is 0.307 e. The predicted octanol–water partition coefficient (Wildman–Crippen LogP) is 4.62. The van der Waals surface area contributed by atoms with Gasteiger partial charge in [0, 0.05) is 22.0 Å². The second kappa shape index (κ2) is 6.81. The average molecular weight is 352 g/mol. The van der Waals surface area contributed by atoms with Crippen LogP contribution in [0.5, 0.6) is 0 Å². The molecule has 1 N–H and O–H groups in total. The van der Waals surface area contributed by atoms with Gasteiger partial charge < -0.3 is 5.11 Å². The Bertz CT molecular complexity index is 934. The van der Waals surface area contributed by atoms with Crippen LogP contribution in [0.25, 0.3) is 16.7 Å². The van der Waals surface area contributed by atoms with Crippen molar-refractivity contribution in [3.05, 3.63) is 70.8 Å². The molecule has 0 fully saturated rings. The molecule has 0 amide bonds. The third-order valence-electron chi connectivity index (χ3n) is 4.67. The van der Waals surface area contributed by atoms with Gasteiger partial charge in [0.2, 0.25) is 0 Å². The number of aliphatic carboxylic acids is 1. The van der Waals surface area contributed by atoms with Gasteiger partial charge in [-0.05, 0) is 65.0 Å². The van der Waals surface area contributed by atoms with E-state index >= 15 is 0 Å². The molecule has 2 aromatic rings. The lowest BCUT2D eigenvalue weighted by molar-refractivity contribution is -0.135. The van der Waals surface area contributed by atoms with E-state index < -0.39 is 16.8 Å². The predicted molar refractivity (Wildman–Crippen MR) is 103 cm³/mol. The molecule has 1 aliphatic carbocycles. The molecule has 1 aliphatic rings. The molecule has 1 unspecified atom stereocenters. The molecule has 1 atom stereocenters. The van der Waals surface area contributed by atoms with Gasteiger partial charge in [-0.1, -0.05) is 36.4 Å². The zero-order valence-electron chi connectivity index (χ0n) is 14.5. The first-order valence-electron chi connectivity index (χ1n) is 8.06. The normalized spacial score (nSPS) is 16.6. The lowest BCUT2D eigenvalue weighted by atomic mass is 9.94. The van der Waals surface area contributed by atoms with Gasteiger partial charge in [0.25, 0.3) is 0 Å². The maximum absolute atomic E-state index is 11.6. The van der Waals surface area contributed by atoms with E-state index in [1.165, 1.54) is 0 Å². The second-order valence-electron chi connectivity index (χ2n) is 6.20. The quantitative estimate of drug-likeness (QED) is 0.874. The van der Waals surface area contributed by atoms with E-state index in [4.69, 9.17) is 0 Å². The molecule has 0 bridgehead atoms. The summed E-state index contributed by atoms with van der Waals surface area (Å²) < 4.78 is 11.6. The smallest absolute Gasteiger partial charge is 0.307 e. The molecule has 2 aromatic carbocycles. The van der Waals surface area contributed by atoms with Crippen molar-refractivity contribution < 1.29 is 14.1 Å². The molecule has 0 aromatic heterocycles. The number of hydrogen-bond donors (Lipinski definition) is 1. The summed E-state index contributed by atoms with van der Waals surface area (Å²) in [6.45, 7) is 4.05. The second-order valence-corrected chi connectivity index (χ2v) is 7.58. The first kappa shape index (κ1) is 17.4. The Morgan fingerprint density at radius 3 is 2.20 bits per heavy atom. The third kappa shape index (κ3) is 3.22. The van der Waals surface area contributed by atoms with E-state index in [9.17, 15) is 14.1 Å². The standard InChI is InChI=1S/C21H20O3S/c1-13(15-8-10-16(11-9-15)25(3)24)21-14(2)19(12-20(22)23)17-6-4-5-7-18(17)21/h4-11H,12H2,1-3H3,(H,22,23). The van der Waals surface area contributed by atoms with E-state index in [-0.39, 0.29) is 6.42 Å². The zero-order valence-corrected chi connectivity index (χ0v) is 15.3. The van der Waals surface area contributed by atoms with Gasteiger partial charge in [-0.15, -0.1) is 0 Å². The van der Waals surface area contributed by atoms with Crippen molar-refractivity contribution in [3.63, 3.8) is 0 Å². The van der Waals surface area contributed by atoms with Crippen molar-refractivity contribution in [2.45, 2.75) is 25.2 Å². The summed E-state index contributed by atoms with van der Waals surface area (Å²) in [4.78, 5) is 12.1. The van der Waals surface area contributed by atoms with Crippen molar-refractivity contribution in [1.29, 1.82) is 0 Å². The zero-order chi connectivity index (χ0) is 18.1. The van der Waals surface area contributed by atoms with Crippen LogP contribution >= 0.6 is 0 Å². The molecule has 0 spiro atoms. The Hall–Kier alpha value is -2.46. The van der Waals surface area contributed by atoms with E-state index in [1.54, 1.807) is 6.26 Å². The lowest BCUT2D eigenvalue weighted by Gasteiger charge is -2.11. The van der Waals surface area contributed by atoms with E-state index in [0.29, 0.717) is 0 Å². The van der Waals surface area contributed by atoms with Crippen LogP contribution in [0.2, 0.25) is 0 Å². The summed E-state index contributed by atoms with van der Waals surface area (Å²) >= 11 is 0. The van der Waals surface area contributed by atoms with Crippen LogP contribution in [0.4, 0.5) is 0 Å². The lowest BCUT2D eigenvalue weighted by Crippen LogP contribution is -1.96. The number of fused-ring (bicyclic) bond motifs is 1. The highest BCUT2D eigenvalue weighted by molar-refractivity contribution is 7.84. The van der Waals surface area contributed by atoms with Crippen LogP contribution in [0, 0.1) is 0 Å². The molecular formula is C21H20O3S. The number of allylic oxidation sites excluding steroid dienone is 3. The van der Waals surface area contributed by atoms with Crippen LogP contribution in [-0.4, -0.2) is 21.5 Å². The molecule has 0 saturated carbocycles. The summed E-state index contributed by atoms with van der Waals surface area (Å²) in [5, 5.41) is 9.26. The molecule has 0 radical (unpaired) electrons. The van der Waals surface area contributed by atoms with Gasteiger partial charge in [0.1, 0.15) is 0 Å². The molecule has 4 heteroatoms. The average Bonchev–Trinajstić information content (AvgIpc) is 2.86. The number of carbonyl (C=O) groups is 1. The maximum atomic E-state index is 11.6. The minimum absolute atomic E-state index is 0.0212. The molecule has 0 saturated heterocycles. The number of carboxylic acid groups (broad SMARTS) is 1. The Labute approximate surface area is 150 Å². The first-order valence-corrected chi connectivity index (χ1v) is 9.62. The Kier molecular flexibility index (Phi) is 4.73. The van der Waals surface area contributed by atoms with Crippen LogP contribution in [0.3, 0.4) is 0 Å². The van der Waals surface area contributed by atoms with E-state index in [0.717, 1.165) is 43.9 Å². The van der Waals surface area contributed by atoms with Crippen molar-refractivity contribution in [3.8, 4) is 0 Å². The SMILES string of the molecule is CC1=C(CC(=O)O)c2ccccc2C1=C(C)c1ccc(S(C)=O)cc1. The number of rotatable bonds is 4. The number of benzene rings is 2. The molecular weight excluding hydrogens is 332 g/mol. The summed E-state index contributed by atoms with van der Waals surface area (Å²) in [6, 6.07) is 15.7. The van der Waals surface area contributed by atoms with Gasteiger partial charge in [0.15, 0.2) is 0 Å². The van der Waals surface area contributed by atoms with Crippen LogP contribution in [0.15, 0.2) is 59.0 Å². The van der Waals surface area contributed by atoms with Gasteiger partial charge in [-0.2, -0.15) is 0 Å². The number of hydrogen-bond acceptors (Lipinski definition) is 2. The summed E-state index contributed by atoms with van der Waals surface area (Å²) in [6.07, 6.45) is 1.69. The van der Waals surface area contributed by atoms with E-state index in [1.807, 2.05) is 55.5 Å². The molecule has 0 aliphatic heterocycles. The fourth-order valence-corrected chi connectivity index (χ4v) is 3.94. The van der Waals surface area contributed by atoms with Gasteiger partial charge in [-0.3, -0.25) is 9.00 Å². The van der Waals surface area contributed by atoms with Crippen molar-refractivity contribution in [1.82, 2.24) is 0 Å². The first-order chi connectivity index (χ1) is 11.9. The minimum atomic E-state index is -0.999.